The van der Waals surface area contributed by atoms with Crippen molar-refractivity contribution >= 4 is 5.97 Å². The Labute approximate surface area is 185 Å². The van der Waals surface area contributed by atoms with Gasteiger partial charge in [0.1, 0.15) is 0 Å². The van der Waals surface area contributed by atoms with Gasteiger partial charge in [-0.05, 0) is 56.7 Å². The first-order chi connectivity index (χ1) is 11.8. The minimum atomic E-state index is -0.871. The van der Waals surface area contributed by atoms with Crippen LogP contribution in [0.4, 0.5) is 0 Å². The summed E-state index contributed by atoms with van der Waals surface area (Å²) in [5, 5.41) is 19.4. The van der Waals surface area contributed by atoms with Gasteiger partial charge in [0.2, 0.25) is 0 Å². The van der Waals surface area contributed by atoms with E-state index in [-0.39, 0.29) is 41.9 Å². The number of carbonyl (C=O) groups is 1. The minimum Gasteiger partial charge on any atom is -1.00 e. The molecule has 1 aromatic carbocycles. The number of rotatable bonds is 3. The Bertz CT molecular complexity index is 481. The van der Waals surface area contributed by atoms with E-state index < -0.39 is 5.97 Å². The van der Waals surface area contributed by atoms with E-state index in [2.05, 4.69) is 20.9 Å². The molecular formula is C18H30Cl2CuN4O2. The molecule has 27 heavy (non-hydrogen) atoms. The molecule has 1 heterocycles. The Morgan fingerprint density at radius 1 is 0.852 bits per heavy atom. The Hall–Kier alpha value is -0.371. The van der Waals surface area contributed by atoms with Crippen molar-refractivity contribution in [3.63, 3.8) is 0 Å². The molecule has 1 saturated heterocycles. The SMILES string of the molecule is O=C(O)c1ccc(CN2CCCNCCNCCCNCC2)cc1.[Cl-].[Cl-].[Cu+2]. The second-order valence-corrected chi connectivity index (χ2v) is 6.24. The molecule has 4 N–H and O–H groups in total. The van der Waals surface area contributed by atoms with Gasteiger partial charge in [0.15, 0.2) is 0 Å². The summed E-state index contributed by atoms with van der Waals surface area (Å²) in [4.78, 5) is 13.4. The molecule has 0 unspecified atom stereocenters. The first-order valence-corrected chi connectivity index (χ1v) is 8.92. The smallest absolute Gasteiger partial charge is 1.00 e. The first kappa shape index (κ1) is 28.8. The van der Waals surface area contributed by atoms with Crippen molar-refractivity contribution in [3.8, 4) is 0 Å². The maximum atomic E-state index is 10.9. The number of carboxylic acid groups (broad SMARTS) is 1. The van der Waals surface area contributed by atoms with Crippen LogP contribution >= 0.6 is 0 Å². The zero-order valence-corrected chi connectivity index (χ0v) is 17.9. The third-order valence-corrected chi connectivity index (χ3v) is 4.23. The summed E-state index contributed by atoms with van der Waals surface area (Å²) < 4.78 is 0. The van der Waals surface area contributed by atoms with Gasteiger partial charge in [-0.1, -0.05) is 12.1 Å². The van der Waals surface area contributed by atoms with E-state index in [1.165, 1.54) is 5.56 Å². The van der Waals surface area contributed by atoms with Crippen LogP contribution in [0, 0.1) is 0 Å². The van der Waals surface area contributed by atoms with Gasteiger partial charge in [0.25, 0.3) is 0 Å². The third-order valence-electron chi connectivity index (χ3n) is 4.23. The van der Waals surface area contributed by atoms with E-state index in [0.717, 1.165) is 71.7 Å². The van der Waals surface area contributed by atoms with Crippen LogP contribution in [0.25, 0.3) is 0 Å². The van der Waals surface area contributed by atoms with Crippen LogP contribution in [0.2, 0.25) is 0 Å². The number of halogens is 2. The first-order valence-electron chi connectivity index (χ1n) is 8.92. The summed E-state index contributed by atoms with van der Waals surface area (Å²) in [7, 11) is 0. The zero-order valence-electron chi connectivity index (χ0n) is 15.4. The maximum Gasteiger partial charge on any atom is 2.00 e. The molecule has 1 fully saturated rings. The number of carboxylic acids is 1. The molecule has 0 aliphatic carbocycles. The van der Waals surface area contributed by atoms with E-state index in [4.69, 9.17) is 5.11 Å². The van der Waals surface area contributed by atoms with Crippen LogP contribution in [-0.4, -0.2) is 68.3 Å². The minimum absolute atomic E-state index is 0. The van der Waals surface area contributed by atoms with Gasteiger partial charge < -0.3 is 45.9 Å². The largest absolute Gasteiger partial charge is 2.00 e. The van der Waals surface area contributed by atoms with Crippen molar-refractivity contribution in [2.75, 3.05) is 52.4 Å². The average molecular weight is 469 g/mol. The average Bonchev–Trinajstić information content (AvgIpc) is 2.58. The van der Waals surface area contributed by atoms with Crippen molar-refractivity contribution in [1.29, 1.82) is 0 Å². The van der Waals surface area contributed by atoms with E-state index >= 15 is 0 Å². The summed E-state index contributed by atoms with van der Waals surface area (Å²) in [5.41, 5.74) is 1.51. The standard InChI is InChI=1S/C18H30N4O2.2ClH.Cu/c23-18(24)17-5-3-16(4-6-17)15-22-13-2-9-20-11-10-19-7-1-8-21-12-14-22;;;/h3-6,19-21H,1-2,7-15H2,(H,23,24);2*1H;/q;;;+2/p-2. The summed E-state index contributed by atoms with van der Waals surface area (Å²) >= 11 is 0. The molecule has 0 aromatic heterocycles. The van der Waals surface area contributed by atoms with E-state index in [9.17, 15) is 4.79 Å². The summed E-state index contributed by atoms with van der Waals surface area (Å²) in [6.45, 7) is 9.09. The maximum absolute atomic E-state index is 10.9. The molecular weight excluding hydrogens is 439 g/mol. The molecule has 1 radical (unpaired) electrons. The van der Waals surface area contributed by atoms with Gasteiger partial charge in [0.05, 0.1) is 5.56 Å². The number of benzene rings is 1. The Balaban J connectivity index is 0. The van der Waals surface area contributed by atoms with Crippen molar-refractivity contribution in [2.45, 2.75) is 19.4 Å². The van der Waals surface area contributed by atoms with Crippen molar-refractivity contribution < 1.29 is 51.8 Å². The van der Waals surface area contributed by atoms with Crippen molar-refractivity contribution in [3.05, 3.63) is 35.4 Å². The summed E-state index contributed by atoms with van der Waals surface area (Å²) in [6.07, 6.45) is 2.27. The van der Waals surface area contributed by atoms with Gasteiger partial charge in [0, 0.05) is 32.7 Å². The topological polar surface area (TPSA) is 76.6 Å². The zero-order chi connectivity index (χ0) is 17.0. The number of hydrogen-bond acceptors (Lipinski definition) is 5. The normalized spacial score (nSPS) is 17.3. The molecule has 1 aliphatic heterocycles. The Morgan fingerprint density at radius 2 is 1.41 bits per heavy atom. The molecule has 0 spiro atoms. The third kappa shape index (κ3) is 12.7. The summed E-state index contributed by atoms with van der Waals surface area (Å²) in [6, 6.07) is 7.22. The molecule has 159 valence electrons. The van der Waals surface area contributed by atoms with E-state index in [0.29, 0.717) is 5.56 Å². The fraction of sp³-hybridized carbons (Fsp3) is 0.611. The van der Waals surface area contributed by atoms with Crippen LogP contribution in [0.1, 0.15) is 28.8 Å². The molecule has 0 saturated carbocycles. The van der Waals surface area contributed by atoms with Gasteiger partial charge >= 0.3 is 23.0 Å². The molecule has 0 atom stereocenters. The van der Waals surface area contributed by atoms with Crippen LogP contribution < -0.4 is 40.8 Å². The van der Waals surface area contributed by atoms with E-state index in [1.54, 1.807) is 12.1 Å². The number of nitrogens with zero attached hydrogens (tertiary/aromatic N) is 1. The monoisotopic (exact) mass is 467 g/mol. The van der Waals surface area contributed by atoms with Crippen LogP contribution in [0.3, 0.4) is 0 Å². The van der Waals surface area contributed by atoms with Gasteiger partial charge in [-0.3, -0.25) is 4.90 Å². The van der Waals surface area contributed by atoms with Crippen LogP contribution in [0.5, 0.6) is 0 Å². The molecule has 1 aromatic rings. The Morgan fingerprint density at radius 3 is 2.00 bits per heavy atom. The van der Waals surface area contributed by atoms with Gasteiger partial charge in [-0.2, -0.15) is 0 Å². The molecule has 0 amide bonds. The fourth-order valence-electron chi connectivity index (χ4n) is 2.84. The second-order valence-electron chi connectivity index (χ2n) is 6.24. The number of aromatic carboxylic acids is 1. The van der Waals surface area contributed by atoms with Gasteiger partial charge in [-0.15, -0.1) is 0 Å². The fourth-order valence-corrected chi connectivity index (χ4v) is 2.84. The molecule has 2 rings (SSSR count). The van der Waals surface area contributed by atoms with Crippen molar-refractivity contribution in [2.24, 2.45) is 0 Å². The second kappa shape index (κ2) is 17.7. The Kier molecular flexibility index (Phi) is 18.9. The molecule has 1 aliphatic rings. The number of hydrogen-bond donors (Lipinski definition) is 4. The quantitative estimate of drug-likeness (QED) is 0.332. The van der Waals surface area contributed by atoms with Gasteiger partial charge in [-0.25, -0.2) is 4.79 Å². The van der Waals surface area contributed by atoms with Crippen LogP contribution in [0.15, 0.2) is 24.3 Å². The van der Waals surface area contributed by atoms with Crippen molar-refractivity contribution in [1.82, 2.24) is 20.9 Å². The predicted octanol–water partition coefficient (Wildman–Crippen LogP) is -5.25. The molecule has 6 nitrogen and oxygen atoms in total. The summed E-state index contributed by atoms with van der Waals surface area (Å²) in [5.74, 6) is -0.871. The molecule has 0 bridgehead atoms. The number of nitrogens with one attached hydrogen (secondary N) is 3. The molecule has 9 heteroatoms. The van der Waals surface area contributed by atoms with E-state index in [1.807, 2.05) is 12.1 Å². The van der Waals surface area contributed by atoms with Crippen LogP contribution in [-0.2, 0) is 23.6 Å². The predicted molar refractivity (Wildman–Crippen MR) is 96.5 cm³/mol.